The molecule has 1 aromatic heterocycles. The summed E-state index contributed by atoms with van der Waals surface area (Å²) in [5, 5.41) is 1.09. The van der Waals surface area contributed by atoms with Crippen molar-refractivity contribution in [3.05, 3.63) is 35.5 Å². The minimum absolute atomic E-state index is 0.143. The van der Waals surface area contributed by atoms with Crippen molar-refractivity contribution in [1.82, 2.24) is 4.57 Å². The average molecular weight is 361 g/mol. The molecule has 0 amide bonds. The van der Waals surface area contributed by atoms with Crippen molar-refractivity contribution >= 4 is 46.2 Å². The fourth-order valence-corrected chi connectivity index (χ4v) is 6.71. The largest absolute Gasteiger partial charge is 0.463 e. The van der Waals surface area contributed by atoms with Crippen LogP contribution in [0.3, 0.4) is 0 Å². The van der Waals surface area contributed by atoms with E-state index in [1.807, 2.05) is 29.7 Å². The fourth-order valence-electron chi connectivity index (χ4n) is 3.66. The number of nitrogens with zero attached hydrogens (tertiary/aromatic N) is 1. The van der Waals surface area contributed by atoms with Gasteiger partial charge in [-0.3, -0.25) is 4.79 Å². The molecule has 4 nitrogen and oxygen atoms in total. The normalized spacial score (nSPS) is 19.5. The second-order valence-corrected chi connectivity index (χ2v) is 8.79. The third-order valence-corrected chi connectivity index (χ3v) is 7.84. The maximum absolute atomic E-state index is 12.9. The van der Waals surface area contributed by atoms with Gasteiger partial charge in [0, 0.05) is 23.3 Å². The van der Waals surface area contributed by atoms with Crippen LogP contribution in [0, 0.1) is 0 Å². The number of benzene rings is 1. The lowest BCUT2D eigenvalue weighted by Gasteiger charge is -2.30. The molecule has 1 aliphatic carbocycles. The van der Waals surface area contributed by atoms with Crippen LogP contribution in [0.2, 0.25) is 0 Å². The quantitative estimate of drug-likeness (QED) is 0.778. The number of Topliss-reactive ketones (excluding diaryl/α,β-unsaturated/α-hetero) is 1. The van der Waals surface area contributed by atoms with E-state index in [-0.39, 0.29) is 11.8 Å². The topological polar surface area (TPSA) is 48.3 Å². The Morgan fingerprint density at radius 1 is 1.25 bits per heavy atom. The standard InChI is InChI=1S/C18H19NO3S2/c1-2-22-17(21)18(23-10-11-24-18)19-14-8-4-3-6-12(14)13-7-5-9-15(20)16(13)19/h3-4,6,8H,2,5,7,9-11H2,1H3. The molecule has 24 heavy (non-hydrogen) atoms. The summed E-state index contributed by atoms with van der Waals surface area (Å²) in [6.45, 7) is 2.17. The molecule has 2 aromatic rings. The van der Waals surface area contributed by atoms with Crippen molar-refractivity contribution in [3.63, 3.8) is 0 Å². The van der Waals surface area contributed by atoms with Gasteiger partial charge in [-0.1, -0.05) is 18.2 Å². The lowest BCUT2D eigenvalue weighted by molar-refractivity contribution is -0.145. The first kappa shape index (κ1) is 16.1. The number of hydrogen-bond acceptors (Lipinski definition) is 5. The number of carbonyl (C=O) groups is 2. The fraction of sp³-hybridized carbons (Fsp3) is 0.444. The predicted octanol–water partition coefficient (Wildman–Crippen LogP) is 3.81. The summed E-state index contributed by atoms with van der Waals surface area (Å²) in [6, 6.07) is 8.05. The van der Waals surface area contributed by atoms with Crippen molar-refractivity contribution in [2.45, 2.75) is 30.4 Å². The Hall–Kier alpha value is -1.40. The summed E-state index contributed by atoms with van der Waals surface area (Å²) >= 11 is 3.17. The van der Waals surface area contributed by atoms with Crippen molar-refractivity contribution in [2.24, 2.45) is 0 Å². The van der Waals surface area contributed by atoms with Gasteiger partial charge in [0.05, 0.1) is 17.8 Å². The zero-order chi connectivity index (χ0) is 16.7. The van der Waals surface area contributed by atoms with Gasteiger partial charge in [0.1, 0.15) is 0 Å². The minimum Gasteiger partial charge on any atom is -0.463 e. The Morgan fingerprint density at radius 2 is 2.00 bits per heavy atom. The molecule has 1 aromatic carbocycles. The number of hydrogen-bond donors (Lipinski definition) is 0. The number of rotatable bonds is 3. The van der Waals surface area contributed by atoms with E-state index >= 15 is 0 Å². The lowest BCUT2D eigenvalue weighted by atomic mass is 9.94. The van der Waals surface area contributed by atoms with E-state index in [2.05, 4.69) is 6.07 Å². The second kappa shape index (κ2) is 6.15. The number of para-hydroxylation sites is 1. The molecule has 1 fully saturated rings. The van der Waals surface area contributed by atoms with Crippen LogP contribution in [0.4, 0.5) is 0 Å². The molecule has 2 heterocycles. The summed E-state index contributed by atoms with van der Waals surface area (Å²) < 4.78 is 6.52. The highest BCUT2D eigenvalue weighted by molar-refractivity contribution is 8.21. The third-order valence-electron chi connectivity index (χ3n) is 4.58. The average Bonchev–Trinajstić information content (AvgIpc) is 3.19. The number of aromatic nitrogens is 1. The molecular weight excluding hydrogens is 342 g/mol. The van der Waals surface area contributed by atoms with Gasteiger partial charge in [0.15, 0.2) is 5.78 Å². The Labute approximate surface area is 149 Å². The van der Waals surface area contributed by atoms with Gasteiger partial charge in [0.2, 0.25) is 4.20 Å². The summed E-state index contributed by atoms with van der Waals surface area (Å²) in [7, 11) is 0. The number of aryl methyl sites for hydroxylation is 1. The van der Waals surface area contributed by atoms with Crippen LogP contribution >= 0.6 is 23.5 Å². The molecular formula is C18H19NO3S2. The molecule has 6 heteroatoms. The summed E-state index contributed by atoms with van der Waals surface area (Å²) in [5.74, 6) is 1.64. The van der Waals surface area contributed by atoms with Crippen LogP contribution in [0.15, 0.2) is 24.3 Å². The van der Waals surface area contributed by atoms with E-state index < -0.39 is 4.20 Å². The second-order valence-electron chi connectivity index (χ2n) is 5.96. The van der Waals surface area contributed by atoms with Crippen molar-refractivity contribution in [3.8, 4) is 0 Å². The molecule has 1 saturated heterocycles. The molecule has 126 valence electrons. The predicted molar refractivity (Wildman–Crippen MR) is 98.7 cm³/mol. The monoisotopic (exact) mass is 361 g/mol. The zero-order valence-electron chi connectivity index (χ0n) is 13.5. The Bertz CT molecular complexity index is 821. The van der Waals surface area contributed by atoms with Crippen LogP contribution in [0.25, 0.3) is 10.9 Å². The van der Waals surface area contributed by atoms with Gasteiger partial charge in [-0.05, 0) is 31.4 Å². The molecule has 0 bridgehead atoms. The lowest BCUT2D eigenvalue weighted by Crippen LogP contribution is -2.38. The molecule has 1 aliphatic heterocycles. The Kier molecular flexibility index (Phi) is 4.12. The van der Waals surface area contributed by atoms with Crippen molar-refractivity contribution in [1.29, 1.82) is 0 Å². The number of carbonyl (C=O) groups excluding carboxylic acids is 2. The SMILES string of the molecule is CCOC(=O)C1(n2c3c(c4ccccc42)CCCC3=O)SCCS1. The smallest absolute Gasteiger partial charge is 0.353 e. The molecule has 0 unspecified atom stereocenters. The number of thioether (sulfide) groups is 2. The summed E-state index contributed by atoms with van der Waals surface area (Å²) in [5.41, 5.74) is 2.78. The molecule has 0 saturated carbocycles. The highest BCUT2D eigenvalue weighted by Gasteiger charge is 2.50. The van der Waals surface area contributed by atoms with E-state index in [1.54, 1.807) is 23.5 Å². The van der Waals surface area contributed by atoms with Gasteiger partial charge in [0.25, 0.3) is 0 Å². The van der Waals surface area contributed by atoms with Gasteiger partial charge in [-0.15, -0.1) is 23.5 Å². The van der Waals surface area contributed by atoms with E-state index in [9.17, 15) is 9.59 Å². The van der Waals surface area contributed by atoms with Crippen molar-refractivity contribution < 1.29 is 14.3 Å². The van der Waals surface area contributed by atoms with E-state index in [1.165, 1.54) is 0 Å². The van der Waals surface area contributed by atoms with Gasteiger partial charge in [-0.2, -0.15) is 0 Å². The number of fused-ring (bicyclic) bond motifs is 3. The van der Waals surface area contributed by atoms with Crippen LogP contribution < -0.4 is 0 Å². The third kappa shape index (κ3) is 2.23. The first-order chi connectivity index (χ1) is 11.7. The molecule has 4 rings (SSSR count). The molecule has 0 radical (unpaired) electrons. The maximum atomic E-state index is 12.9. The number of esters is 1. The van der Waals surface area contributed by atoms with E-state index in [4.69, 9.17) is 4.74 Å². The minimum atomic E-state index is -0.879. The van der Waals surface area contributed by atoms with Crippen molar-refractivity contribution in [2.75, 3.05) is 18.1 Å². The molecule has 2 aliphatic rings. The van der Waals surface area contributed by atoms with Gasteiger partial charge < -0.3 is 9.30 Å². The van der Waals surface area contributed by atoms with Crippen LogP contribution in [0.5, 0.6) is 0 Å². The first-order valence-electron chi connectivity index (χ1n) is 8.30. The zero-order valence-corrected chi connectivity index (χ0v) is 15.2. The first-order valence-corrected chi connectivity index (χ1v) is 10.3. The van der Waals surface area contributed by atoms with E-state index in [0.29, 0.717) is 13.0 Å². The van der Waals surface area contributed by atoms with Gasteiger partial charge in [-0.25, -0.2) is 4.79 Å². The summed E-state index contributed by atoms with van der Waals surface area (Å²) in [4.78, 5) is 25.7. The Morgan fingerprint density at radius 3 is 2.75 bits per heavy atom. The van der Waals surface area contributed by atoms with Crippen LogP contribution in [0.1, 0.15) is 35.8 Å². The maximum Gasteiger partial charge on any atom is 0.353 e. The molecule has 0 spiro atoms. The van der Waals surface area contributed by atoms with Crippen LogP contribution in [-0.4, -0.2) is 34.4 Å². The Balaban J connectivity index is 2.03. The van der Waals surface area contributed by atoms with Crippen LogP contribution in [-0.2, 0) is 20.2 Å². The molecule has 0 N–H and O–H groups in total. The van der Waals surface area contributed by atoms with E-state index in [0.717, 1.165) is 46.5 Å². The van der Waals surface area contributed by atoms with Gasteiger partial charge >= 0.3 is 5.97 Å². The highest BCUT2D eigenvalue weighted by atomic mass is 32.2. The highest BCUT2D eigenvalue weighted by Crippen LogP contribution is 2.52. The summed E-state index contributed by atoms with van der Waals surface area (Å²) in [6.07, 6.45) is 2.33. The number of ether oxygens (including phenoxy) is 1. The molecule has 0 atom stereocenters. The number of ketones is 1.